The normalized spacial score (nSPS) is 27.7. The lowest BCUT2D eigenvalue weighted by Crippen LogP contribution is -2.41. The molecule has 1 aliphatic carbocycles. The van der Waals surface area contributed by atoms with Crippen LogP contribution in [0.2, 0.25) is 0 Å². The van der Waals surface area contributed by atoms with Crippen molar-refractivity contribution in [3.63, 3.8) is 0 Å². The highest BCUT2D eigenvalue weighted by Gasteiger charge is 2.26. The van der Waals surface area contributed by atoms with Crippen molar-refractivity contribution >= 4 is 12.4 Å². The molecule has 1 atom stereocenters. The second kappa shape index (κ2) is 8.42. The monoisotopic (exact) mass is 332 g/mol. The Labute approximate surface area is 143 Å². The number of anilines is 1. The topological polar surface area (TPSA) is 69.6 Å². The molecule has 0 radical (unpaired) electrons. The van der Waals surface area contributed by atoms with Gasteiger partial charge in [-0.1, -0.05) is 0 Å². The molecular weight excluding hydrogens is 304 g/mol. The Bertz CT molecular complexity index is 505. The summed E-state index contributed by atoms with van der Waals surface area (Å²) in [6, 6.07) is 2.15. The zero-order chi connectivity index (χ0) is 16.8. The van der Waals surface area contributed by atoms with Gasteiger partial charge in [-0.25, -0.2) is 9.97 Å². The third-order valence-corrected chi connectivity index (χ3v) is 5.42. The first-order valence-electron chi connectivity index (χ1n) is 9.17. The van der Waals surface area contributed by atoms with Crippen LogP contribution in [0.4, 0.5) is 5.95 Å². The lowest BCUT2D eigenvalue weighted by molar-refractivity contribution is -0.121. The van der Waals surface area contributed by atoms with Crippen LogP contribution in [0.15, 0.2) is 18.5 Å². The van der Waals surface area contributed by atoms with Crippen molar-refractivity contribution in [2.75, 3.05) is 24.5 Å². The summed E-state index contributed by atoms with van der Waals surface area (Å²) in [6.07, 6.45) is 11.3. The summed E-state index contributed by atoms with van der Waals surface area (Å²) in [6.45, 7) is 2.80. The first kappa shape index (κ1) is 17.1. The van der Waals surface area contributed by atoms with Crippen molar-refractivity contribution in [2.24, 2.45) is 5.92 Å². The zero-order valence-corrected chi connectivity index (χ0v) is 14.3. The molecule has 0 aromatic carbocycles. The summed E-state index contributed by atoms with van der Waals surface area (Å²) in [5.41, 5.74) is 0. The van der Waals surface area contributed by atoms with Crippen LogP contribution in [0, 0.1) is 5.92 Å². The maximum Gasteiger partial charge on any atom is 0.225 e. The molecule has 2 heterocycles. The Morgan fingerprint density at radius 1 is 1.21 bits per heavy atom. The number of hydrogen-bond donors (Lipinski definition) is 1. The van der Waals surface area contributed by atoms with E-state index in [9.17, 15) is 9.90 Å². The van der Waals surface area contributed by atoms with E-state index in [2.05, 4.69) is 14.9 Å². The molecule has 0 spiro atoms. The molecule has 1 amide bonds. The number of amides is 1. The lowest BCUT2D eigenvalue weighted by atomic mass is 9.91. The third-order valence-electron chi connectivity index (χ3n) is 5.42. The first-order chi connectivity index (χ1) is 11.8. The van der Waals surface area contributed by atoms with Crippen molar-refractivity contribution in [3.05, 3.63) is 18.5 Å². The zero-order valence-electron chi connectivity index (χ0n) is 14.3. The van der Waals surface area contributed by atoms with Crippen molar-refractivity contribution in [3.8, 4) is 0 Å². The van der Waals surface area contributed by atoms with Gasteiger partial charge in [0.05, 0.1) is 6.10 Å². The quantitative estimate of drug-likeness (QED) is 0.805. The predicted molar refractivity (Wildman–Crippen MR) is 92.6 cm³/mol. The van der Waals surface area contributed by atoms with Crippen molar-refractivity contribution < 1.29 is 9.90 Å². The molecule has 6 heteroatoms. The number of piperidine rings is 1. The summed E-state index contributed by atoms with van der Waals surface area (Å²) in [7, 11) is 0. The molecule has 6 nitrogen and oxygen atoms in total. The van der Waals surface area contributed by atoms with Crippen LogP contribution in [-0.4, -0.2) is 58.2 Å². The second-order valence-corrected chi connectivity index (χ2v) is 7.10. The van der Waals surface area contributed by atoms with Gasteiger partial charge in [0, 0.05) is 38.1 Å². The van der Waals surface area contributed by atoms with E-state index in [1.165, 1.54) is 6.42 Å². The molecule has 24 heavy (non-hydrogen) atoms. The molecule has 3 rings (SSSR count). The number of nitrogens with zero attached hydrogens (tertiary/aromatic N) is 4. The molecule has 2 aliphatic rings. The van der Waals surface area contributed by atoms with Crippen molar-refractivity contribution in [1.82, 2.24) is 14.9 Å². The number of rotatable bonds is 6. The van der Waals surface area contributed by atoms with Gasteiger partial charge in [0.1, 0.15) is 0 Å². The van der Waals surface area contributed by atoms with E-state index in [4.69, 9.17) is 0 Å². The van der Waals surface area contributed by atoms with Gasteiger partial charge >= 0.3 is 0 Å². The number of carbonyl (C=O) groups excluding carboxylic acids is 1. The summed E-state index contributed by atoms with van der Waals surface area (Å²) in [4.78, 5) is 24.4. The standard InChI is InChI=1S/C18H28N4O2/c23-14-22(16-4-6-17(24)7-5-16)12-8-15-3-1-11-21(13-15)18-19-9-2-10-20-18/h2,9-10,14-17,24H,1,3-8,11-13H2. The average molecular weight is 332 g/mol. The van der Waals surface area contributed by atoms with E-state index < -0.39 is 0 Å². The fourth-order valence-corrected chi connectivity index (χ4v) is 3.98. The molecule has 1 aromatic heterocycles. The average Bonchev–Trinajstić information content (AvgIpc) is 2.64. The van der Waals surface area contributed by atoms with E-state index in [1.54, 1.807) is 12.4 Å². The van der Waals surface area contributed by atoms with Gasteiger partial charge in [0.25, 0.3) is 0 Å². The largest absolute Gasteiger partial charge is 0.393 e. The van der Waals surface area contributed by atoms with Gasteiger partial charge in [0.2, 0.25) is 12.4 Å². The molecule has 1 saturated carbocycles. The predicted octanol–water partition coefficient (Wildman–Crippen LogP) is 1.84. The Balaban J connectivity index is 1.49. The van der Waals surface area contributed by atoms with Crippen LogP contribution >= 0.6 is 0 Å². The minimum atomic E-state index is -0.174. The molecule has 1 saturated heterocycles. The van der Waals surface area contributed by atoms with Gasteiger partial charge < -0.3 is 14.9 Å². The highest BCUT2D eigenvalue weighted by atomic mass is 16.3. The number of carbonyl (C=O) groups is 1. The van der Waals surface area contributed by atoms with Crippen LogP contribution in [0.25, 0.3) is 0 Å². The molecule has 132 valence electrons. The van der Waals surface area contributed by atoms with E-state index in [-0.39, 0.29) is 6.10 Å². The third kappa shape index (κ3) is 4.44. The van der Waals surface area contributed by atoms with E-state index in [1.807, 2.05) is 11.0 Å². The fourth-order valence-electron chi connectivity index (χ4n) is 3.98. The summed E-state index contributed by atoms with van der Waals surface area (Å²) >= 11 is 0. The molecule has 1 unspecified atom stereocenters. The van der Waals surface area contributed by atoms with E-state index in [0.717, 1.165) is 70.5 Å². The van der Waals surface area contributed by atoms with Gasteiger partial charge in [-0.3, -0.25) is 4.79 Å². The molecule has 1 aliphatic heterocycles. The SMILES string of the molecule is O=CN(CCC1CCCN(c2ncccn2)C1)C1CCC(O)CC1. The first-order valence-corrected chi connectivity index (χ1v) is 9.17. The highest BCUT2D eigenvalue weighted by Crippen LogP contribution is 2.25. The van der Waals surface area contributed by atoms with Crippen molar-refractivity contribution in [1.29, 1.82) is 0 Å². The molecule has 1 aromatic rings. The smallest absolute Gasteiger partial charge is 0.225 e. The fraction of sp³-hybridized carbons (Fsp3) is 0.722. The van der Waals surface area contributed by atoms with E-state index >= 15 is 0 Å². The summed E-state index contributed by atoms with van der Waals surface area (Å²) in [5.74, 6) is 1.40. The highest BCUT2D eigenvalue weighted by molar-refractivity contribution is 5.47. The minimum absolute atomic E-state index is 0.174. The minimum Gasteiger partial charge on any atom is -0.393 e. The molecule has 1 N–H and O–H groups in total. The summed E-state index contributed by atoms with van der Waals surface area (Å²) in [5, 5.41) is 9.63. The molecule has 2 fully saturated rings. The number of hydrogen-bond acceptors (Lipinski definition) is 5. The Morgan fingerprint density at radius 2 is 1.96 bits per heavy atom. The van der Waals surface area contributed by atoms with Crippen LogP contribution < -0.4 is 4.90 Å². The van der Waals surface area contributed by atoms with Crippen LogP contribution in [0.1, 0.15) is 44.9 Å². The lowest BCUT2D eigenvalue weighted by Gasteiger charge is -2.36. The number of aliphatic hydroxyl groups is 1. The maximum absolute atomic E-state index is 11.5. The van der Waals surface area contributed by atoms with Crippen LogP contribution in [0.5, 0.6) is 0 Å². The second-order valence-electron chi connectivity index (χ2n) is 7.10. The maximum atomic E-state index is 11.5. The van der Waals surface area contributed by atoms with Gasteiger partial charge in [0.15, 0.2) is 0 Å². The van der Waals surface area contributed by atoms with Gasteiger partial charge in [-0.15, -0.1) is 0 Å². The Hall–Kier alpha value is -1.69. The van der Waals surface area contributed by atoms with Gasteiger partial charge in [-0.2, -0.15) is 0 Å². The van der Waals surface area contributed by atoms with Gasteiger partial charge in [-0.05, 0) is 56.9 Å². The number of aliphatic hydroxyl groups excluding tert-OH is 1. The Morgan fingerprint density at radius 3 is 2.67 bits per heavy atom. The molecule has 0 bridgehead atoms. The summed E-state index contributed by atoms with van der Waals surface area (Å²) < 4.78 is 0. The van der Waals surface area contributed by atoms with Crippen LogP contribution in [-0.2, 0) is 4.79 Å². The van der Waals surface area contributed by atoms with E-state index in [0.29, 0.717) is 12.0 Å². The van der Waals surface area contributed by atoms with Crippen molar-refractivity contribution in [2.45, 2.75) is 57.1 Å². The van der Waals surface area contributed by atoms with Crippen LogP contribution in [0.3, 0.4) is 0 Å². The number of aromatic nitrogens is 2. The Kier molecular flexibility index (Phi) is 6.01. The molecular formula is C18H28N4O2.